The van der Waals surface area contributed by atoms with E-state index in [0.717, 1.165) is 57.0 Å². The number of nitrogens with one attached hydrogen (secondary N) is 1. The first-order chi connectivity index (χ1) is 12.1. The summed E-state index contributed by atoms with van der Waals surface area (Å²) in [6.07, 6.45) is 0.907. The van der Waals surface area contributed by atoms with Crippen molar-refractivity contribution in [2.45, 2.75) is 19.4 Å². The van der Waals surface area contributed by atoms with Crippen LogP contribution in [0.3, 0.4) is 0 Å². The number of aliphatic imine (C=N–C) groups is 1. The molecule has 1 aromatic rings. The van der Waals surface area contributed by atoms with E-state index in [1.54, 1.807) is 0 Å². The van der Waals surface area contributed by atoms with Crippen LogP contribution in [0.25, 0.3) is 0 Å². The van der Waals surface area contributed by atoms with Gasteiger partial charge in [-0.15, -0.1) is 24.0 Å². The molecule has 0 aliphatic carbocycles. The van der Waals surface area contributed by atoms with Gasteiger partial charge in [0.05, 0.1) is 12.6 Å². The van der Waals surface area contributed by atoms with Gasteiger partial charge in [-0.25, -0.2) is 0 Å². The predicted octanol–water partition coefficient (Wildman–Crippen LogP) is 1.92. The number of para-hydroxylation sites is 1. The molecule has 0 aromatic heterocycles. The Balaban J connectivity index is 0.00000243. The first kappa shape index (κ1) is 21.2. The number of rotatable bonds is 5. The summed E-state index contributed by atoms with van der Waals surface area (Å²) in [6, 6.07) is 8.32. The molecule has 3 rings (SSSR count). The highest BCUT2D eigenvalue weighted by Crippen LogP contribution is 2.31. The van der Waals surface area contributed by atoms with Crippen molar-refractivity contribution in [3.8, 4) is 5.75 Å². The third-order valence-electron chi connectivity index (χ3n) is 5.02. The average Bonchev–Trinajstić information content (AvgIpc) is 2.62. The van der Waals surface area contributed by atoms with Crippen LogP contribution in [-0.2, 0) is 0 Å². The molecule has 0 bridgehead atoms. The summed E-state index contributed by atoms with van der Waals surface area (Å²) in [5.41, 5.74) is 7.30. The van der Waals surface area contributed by atoms with E-state index < -0.39 is 0 Å². The van der Waals surface area contributed by atoms with Crippen LogP contribution in [0.2, 0.25) is 0 Å². The van der Waals surface area contributed by atoms with Crippen LogP contribution < -0.4 is 15.8 Å². The molecule has 0 amide bonds. The first-order valence-electron chi connectivity index (χ1n) is 9.31. The van der Waals surface area contributed by atoms with Gasteiger partial charge in [0.15, 0.2) is 5.96 Å². The Morgan fingerprint density at radius 1 is 1.31 bits per heavy atom. The van der Waals surface area contributed by atoms with Gasteiger partial charge in [0.25, 0.3) is 0 Å². The average molecular weight is 473 g/mol. The van der Waals surface area contributed by atoms with Gasteiger partial charge in [-0.2, -0.15) is 0 Å². The van der Waals surface area contributed by atoms with Crippen LogP contribution >= 0.6 is 24.0 Å². The van der Waals surface area contributed by atoms with Crippen molar-refractivity contribution >= 4 is 29.9 Å². The van der Waals surface area contributed by atoms with Crippen molar-refractivity contribution in [3.05, 3.63) is 29.8 Å². The number of nitrogens with two attached hydrogens (primary N) is 1. The van der Waals surface area contributed by atoms with Crippen LogP contribution in [0.15, 0.2) is 29.3 Å². The number of benzene rings is 1. The number of likely N-dealkylation sites (N-methyl/N-ethyl adjacent to an activating group) is 1. The van der Waals surface area contributed by atoms with E-state index in [0.29, 0.717) is 18.5 Å². The normalized spacial score (nSPS) is 22.7. The molecule has 26 heavy (non-hydrogen) atoms. The highest BCUT2D eigenvalue weighted by molar-refractivity contribution is 14.0. The fourth-order valence-electron chi connectivity index (χ4n) is 3.50. The van der Waals surface area contributed by atoms with E-state index in [1.165, 1.54) is 0 Å². The van der Waals surface area contributed by atoms with Gasteiger partial charge in [-0.3, -0.25) is 4.99 Å². The summed E-state index contributed by atoms with van der Waals surface area (Å²) in [4.78, 5) is 9.49. The Bertz CT molecular complexity index is 589. The van der Waals surface area contributed by atoms with Gasteiger partial charge in [0, 0.05) is 51.3 Å². The van der Waals surface area contributed by atoms with E-state index in [1.807, 2.05) is 18.2 Å². The van der Waals surface area contributed by atoms with Crippen molar-refractivity contribution in [1.29, 1.82) is 0 Å². The molecule has 1 fully saturated rings. The highest BCUT2D eigenvalue weighted by Gasteiger charge is 2.21. The Hall–Kier alpha value is -1.06. The van der Waals surface area contributed by atoms with Gasteiger partial charge in [-0.05, 0) is 19.0 Å². The van der Waals surface area contributed by atoms with Crippen molar-refractivity contribution in [2.24, 2.45) is 16.6 Å². The monoisotopic (exact) mass is 473 g/mol. The fraction of sp³-hybridized carbons (Fsp3) is 0.632. The minimum Gasteiger partial charge on any atom is -0.493 e. The van der Waals surface area contributed by atoms with Crippen molar-refractivity contribution < 1.29 is 4.74 Å². The van der Waals surface area contributed by atoms with Gasteiger partial charge in [0.1, 0.15) is 5.75 Å². The van der Waals surface area contributed by atoms with Crippen LogP contribution in [0.4, 0.5) is 0 Å². The molecule has 6 nitrogen and oxygen atoms in total. The first-order valence-corrected chi connectivity index (χ1v) is 9.31. The van der Waals surface area contributed by atoms with Crippen molar-refractivity contribution in [3.63, 3.8) is 0 Å². The molecule has 2 aliphatic heterocycles. The molecule has 2 aliphatic rings. The van der Waals surface area contributed by atoms with E-state index >= 15 is 0 Å². The second kappa shape index (κ2) is 10.3. The van der Waals surface area contributed by atoms with Crippen LogP contribution in [0.1, 0.15) is 24.9 Å². The molecule has 1 aromatic carbocycles. The zero-order chi connectivity index (χ0) is 17.6. The van der Waals surface area contributed by atoms with Crippen molar-refractivity contribution in [1.82, 2.24) is 15.1 Å². The molecule has 2 unspecified atom stereocenters. The molecule has 7 heteroatoms. The molecule has 1 saturated heterocycles. The third kappa shape index (κ3) is 5.99. The quantitative estimate of drug-likeness (QED) is 0.389. The lowest BCUT2D eigenvalue weighted by atomic mass is 10.0. The fourth-order valence-corrected chi connectivity index (χ4v) is 3.50. The smallest absolute Gasteiger partial charge is 0.189 e. The Labute approximate surface area is 174 Å². The van der Waals surface area contributed by atoms with Gasteiger partial charge >= 0.3 is 0 Å². The molecule has 0 saturated carbocycles. The number of halogens is 1. The number of guanidine groups is 1. The minimum absolute atomic E-state index is 0. The van der Waals surface area contributed by atoms with Crippen LogP contribution in [0.5, 0.6) is 5.75 Å². The Morgan fingerprint density at radius 3 is 2.81 bits per heavy atom. The Morgan fingerprint density at radius 2 is 2.04 bits per heavy atom. The molecule has 146 valence electrons. The van der Waals surface area contributed by atoms with E-state index in [4.69, 9.17) is 10.5 Å². The summed E-state index contributed by atoms with van der Waals surface area (Å²) >= 11 is 0. The molecular formula is C19H32IN5O. The number of fused-ring (bicyclic) bond motifs is 1. The standard InChI is InChI=1S/C19H31N5O.HI/c1-15(14-24-10-8-23(2)9-11-24)13-21-19(20)22-17-7-12-25-18-6-4-3-5-16(17)18;/h3-6,15,17H,7-14H2,1-2H3,(H3,20,21,22);1H. The number of nitrogens with zero attached hydrogens (tertiary/aromatic N) is 3. The minimum atomic E-state index is 0. The maximum atomic E-state index is 6.14. The third-order valence-corrected chi connectivity index (χ3v) is 5.02. The number of piperazine rings is 1. The zero-order valence-corrected chi connectivity index (χ0v) is 18.2. The van der Waals surface area contributed by atoms with Crippen molar-refractivity contribution in [2.75, 3.05) is 52.9 Å². The largest absolute Gasteiger partial charge is 0.493 e. The molecular weight excluding hydrogens is 441 g/mol. The Kier molecular flexibility index (Phi) is 8.43. The predicted molar refractivity (Wildman–Crippen MR) is 117 cm³/mol. The maximum absolute atomic E-state index is 6.14. The second-order valence-electron chi connectivity index (χ2n) is 7.31. The molecule has 2 atom stereocenters. The molecule has 0 radical (unpaired) electrons. The van der Waals surface area contributed by atoms with Crippen LogP contribution in [0, 0.1) is 5.92 Å². The zero-order valence-electron chi connectivity index (χ0n) is 15.9. The molecule has 0 spiro atoms. The lowest BCUT2D eigenvalue weighted by Crippen LogP contribution is -2.46. The van der Waals surface area contributed by atoms with Gasteiger partial charge < -0.3 is 25.6 Å². The summed E-state index contributed by atoms with van der Waals surface area (Å²) < 4.78 is 5.70. The summed E-state index contributed by atoms with van der Waals surface area (Å²) in [5, 5.41) is 3.37. The van der Waals surface area contributed by atoms with E-state index in [2.05, 4.69) is 40.1 Å². The maximum Gasteiger partial charge on any atom is 0.189 e. The van der Waals surface area contributed by atoms with Gasteiger partial charge in [0.2, 0.25) is 0 Å². The van der Waals surface area contributed by atoms with Crippen LogP contribution in [-0.4, -0.2) is 68.7 Å². The lowest BCUT2D eigenvalue weighted by molar-refractivity contribution is 0.140. The van der Waals surface area contributed by atoms with E-state index in [-0.39, 0.29) is 30.0 Å². The van der Waals surface area contributed by atoms with E-state index in [9.17, 15) is 0 Å². The summed E-state index contributed by atoms with van der Waals surface area (Å²) in [5.74, 6) is 1.99. The SMILES string of the molecule is CC(CN=C(N)NC1CCOc2ccccc21)CN1CCN(C)CC1.I. The number of hydrogen-bond acceptors (Lipinski definition) is 4. The molecule has 2 heterocycles. The number of hydrogen-bond donors (Lipinski definition) is 2. The summed E-state index contributed by atoms with van der Waals surface area (Å²) in [7, 11) is 2.19. The highest BCUT2D eigenvalue weighted by atomic mass is 127. The van der Waals surface area contributed by atoms with Gasteiger partial charge in [-0.1, -0.05) is 25.1 Å². The lowest BCUT2D eigenvalue weighted by Gasteiger charge is -2.33. The molecule has 3 N–H and O–H groups in total. The second-order valence-corrected chi connectivity index (χ2v) is 7.31. The number of ether oxygens (including phenoxy) is 1. The topological polar surface area (TPSA) is 66.1 Å². The summed E-state index contributed by atoms with van der Waals surface area (Å²) in [6.45, 7) is 9.42.